The monoisotopic (exact) mass is 171 g/mol. The highest BCUT2D eigenvalue weighted by molar-refractivity contribution is 5.42. The Balaban J connectivity index is 2.33. The molecule has 1 saturated heterocycles. The minimum atomic E-state index is 0.618. The van der Waals surface area contributed by atoms with Gasteiger partial charge in [0.2, 0.25) is 0 Å². The topological polar surface area (TPSA) is 12.0 Å². The first-order valence-corrected chi connectivity index (χ1v) is 4.68. The van der Waals surface area contributed by atoms with E-state index >= 15 is 0 Å². The fourth-order valence-electron chi connectivity index (χ4n) is 1.90. The molecule has 0 saturated carbocycles. The van der Waals surface area contributed by atoms with Crippen LogP contribution in [0.15, 0.2) is 24.3 Å². The van der Waals surface area contributed by atoms with E-state index in [2.05, 4.69) is 23.4 Å². The van der Waals surface area contributed by atoms with Gasteiger partial charge in [-0.15, -0.1) is 6.42 Å². The van der Waals surface area contributed by atoms with E-state index in [4.69, 9.17) is 6.42 Å². The quantitative estimate of drug-likeness (QED) is 0.635. The van der Waals surface area contributed by atoms with Crippen molar-refractivity contribution in [3.63, 3.8) is 0 Å². The van der Waals surface area contributed by atoms with Crippen molar-refractivity contribution in [1.82, 2.24) is 5.32 Å². The first-order chi connectivity index (χ1) is 6.42. The zero-order valence-electron chi connectivity index (χ0n) is 7.59. The highest BCUT2D eigenvalue weighted by Crippen LogP contribution is 2.24. The number of hydrogen-bond donors (Lipinski definition) is 1. The SMILES string of the molecule is C#Cc1ccccc1C1CCNC1. The van der Waals surface area contributed by atoms with Gasteiger partial charge in [-0.1, -0.05) is 24.1 Å². The van der Waals surface area contributed by atoms with Crippen molar-refractivity contribution in [1.29, 1.82) is 0 Å². The summed E-state index contributed by atoms with van der Waals surface area (Å²) >= 11 is 0. The number of hydrogen-bond acceptors (Lipinski definition) is 1. The number of benzene rings is 1. The molecule has 0 bridgehead atoms. The molecule has 1 aromatic carbocycles. The van der Waals surface area contributed by atoms with Crippen molar-refractivity contribution in [2.24, 2.45) is 0 Å². The summed E-state index contributed by atoms with van der Waals surface area (Å²) < 4.78 is 0. The van der Waals surface area contributed by atoms with Gasteiger partial charge in [0.25, 0.3) is 0 Å². The van der Waals surface area contributed by atoms with Gasteiger partial charge in [-0.3, -0.25) is 0 Å². The molecule has 0 aromatic heterocycles. The standard InChI is InChI=1S/C12H13N/c1-2-10-5-3-4-6-12(10)11-7-8-13-9-11/h1,3-6,11,13H,7-9H2. The van der Waals surface area contributed by atoms with Crippen molar-refractivity contribution in [2.45, 2.75) is 12.3 Å². The molecule has 1 heteroatoms. The van der Waals surface area contributed by atoms with Gasteiger partial charge in [0.05, 0.1) is 0 Å². The first kappa shape index (κ1) is 8.34. The van der Waals surface area contributed by atoms with Crippen LogP contribution in [0.5, 0.6) is 0 Å². The molecule has 0 aliphatic carbocycles. The van der Waals surface area contributed by atoms with Gasteiger partial charge >= 0.3 is 0 Å². The molecule has 13 heavy (non-hydrogen) atoms. The Morgan fingerprint density at radius 2 is 2.23 bits per heavy atom. The molecule has 1 aromatic rings. The molecule has 1 nitrogen and oxygen atoms in total. The molecule has 0 radical (unpaired) electrons. The molecule has 1 fully saturated rings. The normalized spacial score (nSPS) is 21.3. The van der Waals surface area contributed by atoms with Crippen LogP contribution in [-0.4, -0.2) is 13.1 Å². The largest absolute Gasteiger partial charge is 0.316 e. The Labute approximate surface area is 79.2 Å². The Morgan fingerprint density at radius 3 is 2.92 bits per heavy atom. The minimum absolute atomic E-state index is 0.618. The van der Waals surface area contributed by atoms with Crippen molar-refractivity contribution in [3.8, 4) is 12.3 Å². The van der Waals surface area contributed by atoms with Crippen molar-refractivity contribution in [3.05, 3.63) is 35.4 Å². The molecule has 0 spiro atoms. The molecule has 1 aliphatic rings. The minimum Gasteiger partial charge on any atom is -0.316 e. The Kier molecular flexibility index (Phi) is 2.33. The summed E-state index contributed by atoms with van der Waals surface area (Å²) in [5.41, 5.74) is 2.38. The molecule has 1 unspecified atom stereocenters. The second-order valence-corrected chi connectivity index (χ2v) is 3.42. The van der Waals surface area contributed by atoms with Gasteiger partial charge in [-0.2, -0.15) is 0 Å². The summed E-state index contributed by atoms with van der Waals surface area (Å²) in [6, 6.07) is 8.23. The second-order valence-electron chi connectivity index (χ2n) is 3.42. The zero-order chi connectivity index (χ0) is 9.10. The van der Waals surface area contributed by atoms with Crippen molar-refractivity contribution < 1.29 is 0 Å². The summed E-state index contributed by atoms with van der Waals surface area (Å²) in [4.78, 5) is 0. The lowest BCUT2D eigenvalue weighted by Crippen LogP contribution is -2.08. The van der Waals surface area contributed by atoms with E-state index < -0.39 is 0 Å². The van der Waals surface area contributed by atoms with Crippen LogP contribution in [0.25, 0.3) is 0 Å². The molecule has 66 valence electrons. The van der Waals surface area contributed by atoms with Gasteiger partial charge in [0, 0.05) is 12.1 Å². The fourth-order valence-corrected chi connectivity index (χ4v) is 1.90. The number of rotatable bonds is 1. The summed E-state index contributed by atoms with van der Waals surface area (Å²) in [7, 11) is 0. The molecule has 2 rings (SSSR count). The number of nitrogens with one attached hydrogen (secondary N) is 1. The predicted octanol–water partition coefficient (Wildman–Crippen LogP) is 1.74. The van der Waals surface area contributed by atoms with Crippen molar-refractivity contribution >= 4 is 0 Å². The smallest absolute Gasteiger partial charge is 0.0277 e. The predicted molar refractivity (Wildman–Crippen MR) is 54.6 cm³/mol. The lowest BCUT2D eigenvalue weighted by atomic mass is 9.94. The maximum absolute atomic E-state index is 5.45. The van der Waals surface area contributed by atoms with E-state index in [1.165, 1.54) is 12.0 Å². The van der Waals surface area contributed by atoms with Crippen LogP contribution in [0, 0.1) is 12.3 Å². The molecule has 1 aliphatic heterocycles. The lowest BCUT2D eigenvalue weighted by Gasteiger charge is -2.10. The molecular weight excluding hydrogens is 158 g/mol. The maximum atomic E-state index is 5.45. The van der Waals surface area contributed by atoms with Gasteiger partial charge < -0.3 is 5.32 Å². The fraction of sp³-hybridized carbons (Fsp3) is 0.333. The van der Waals surface area contributed by atoms with Crippen LogP contribution >= 0.6 is 0 Å². The third kappa shape index (κ3) is 1.59. The maximum Gasteiger partial charge on any atom is 0.0277 e. The molecular formula is C12H13N. The summed E-state index contributed by atoms with van der Waals surface area (Å²) in [6.07, 6.45) is 6.65. The van der Waals surface area contributed by atoms with E-state index in [0.29, 0.717) is 5.92 Å². The summed E-state index contributed by atoms with van der Waals surface area (Å²) in [5, 5.41) is 3.35. The molecule has 1 N–H and O–H groups in total. The first-order valence-electron chi connectivity index (χ1n) is 4.68. The van der Waals surface area contributed by atoms with E-state index in [0.717, 1.165) is 18.7 Å². The Bertz CT molecular complexity index is 329. The van der Waals surface area contributed by atoms with Gasteiger partial charge in [-0.05, 0) is 30.5 Å². The Hall–Kier alpha value is -1.26. The third-order valence-corrected chi connectivity index (χ3v) is 2.62. The average Bonchev–Trinajstić information content (AvgIpc) is 2.70. The van der Waals surface area contributed by atoms with E-state index in [9.17, 15) is 0 Å². The van der Waals surface area contributed by atoms with Crippen LogP contribution in [0.1, 0.15) is 23.5 Å². The van der Waals surface area contributed by atoms with Crippen LogP contribution in [0.2, 0.25) is 0 Å². The molecule has 1 atom stereocenters. The van der Waals surface area contributed by atoms with Crippen LogP contribution in [-0.2, 0) is 0 Å². The zero-order valence-corrected chi connectivity index (χ0v) is 7.59. The molecule has 0 amide bonds. The van der Waals surface area contributed by atoms with Gasteiger partial charge in [0.1, 0.15) is 0 Å². The Morgan fingerprint density at radius 1 is 1.38 bits per heavy atom. The van der Waals surface area contributed by atoms with E-state index in [1.807, 2.05) is 12.1 Å². The summed E-state index contributed by atoms with van der Waals surface area (Å²) in [5.74, 6) is 3.36. The highest BCUT2D eigenvalue weighted by Gasteiger charge is 2.18. The highest BCUT2D eigenvalue weighted by atomic mass is 14.9. The average molecular weight is 171 g/mol. The summed E-state index contributed by atoms with van der Waals surface area (Å²) in [6.45, 7) is 2.18. The molecule has 1 heterocycles. The van der Waals surface area contributed by atoms with Crippen LogP contribution in [0.3, 0.4) is 0 Å². The van der Waals surface area contributed by atoms with Crippen LogP contribution < -0.4 is 5.32 Å². The van der Waals surface area contributed by atoms with Crippen LogP contribution in [0.4, 0.5) is 0 Å². The van der Waals surface area contributed by atoms with Crippen molar-refractivity contribution in [2.75, 3.05) is 13.1 Å². The van der Waals surface area contributed by atoms with Gasteiger partial charge in [0.15, 0.2) is 0 Å². The van der Waals surface area contributed by atoms with Gasteiger partial charge in [-0.25, -0.2) is 0 Å². The third-order valence-electron chi connectivity index (χ3n) is 2.62. The number of terminal acetylenes is 1. The second kappa shape index (κ2) is 3.64. The lowest BCUT2D eigenvalue weighted by molar-refractivity contribution is 0.761. The van der Waals surface area contributed by atoms with E-state index in [1.54, 1.807) is 0 Å². The van der Waals surface area contributed by atoms with E-state index in [-0.39, 0.29) is 0 Å².